The van der Waals surface area contributed by atoms with E-state index in [1.807, 2.05) is 18.2 Å². The number of amides is 1. The van der Waals surface area contributed by atoms with Crippen LogP contribution in [0.25, 0.3) is 0 Å². The number of hydrogen-bond acceptors (Lipinski definition) is 5. The monoisotopic (exact) mass is 490 g/mol. The van der Waals surface area contributed by atoms with E-state index in [-0.39, 0.29) is 5.91 Å². The van der Waals surface area contributed by atoms with Crippen LogP contribution in [0.15, 0.2) is 42.5 Å². The SMILES string of the molecule is CCCCC/C=C\C/C=C\CCCCCCCC(=O)NSCc1ccc(OCCN)c(OC)c1. The molecule has 1 amide bonds. The van der Waals surface area contributed by atoms with Crippen molar-refractivity contribution in [2.24, 2.45) is 5.73 Å². The van der Waals surface area contributed by atoms with Crippen molar-refractivity contribution in [1.82, 2.24) is 4.72 Å². The molecule has 0 saturated heterocycles. The van der Waals surface area contributed by atoms with Gasteiger partial charge in [0.05, 0.1) is 7.11 Å². The molecule has 0 aliphatic carbocycles. The number of carbonyl (C=O) groups excluding carboxylic acids is 1. The molecule has 0 unspecified atom stereocenters. The molecule has 192 valence electrons. The summed E-state index contributed by atoms with van der Waals surface area (Å²) in [4.78, 5) is 12.1. The van der Waals surface area contributed by atoms with Crippen LogP contribution in [0.4, 0.5) is 0 Å². The summed E-state index contributed by atoms with van der Waals surface area (Å²) in [5.74, 6) is 2.15. The van der Waals surface area contributed by atoms with E-state index < -0.39 is 0 Å². The van der Waals surface area contributed by atoms with Gasteiger partial charge in [-0.05, 0) is 68.2 Å². The Balaban J connectivity index is 2.01. The molecule has 0 bridgehead atoms. The van der Waals surface area contributed by atoms with Crippen LogP contribution in [0, 0.1) is 0 Å². The molecule has 1 rings (SSSR count). The average molecular weight is 491 g/mol. The first kappa shape index (κ1) is 30.1. The van der Waals surface area contributed by atoms with E-state index in [9.17, 15) is 4.79 Å². The quantitative estimate of drug-likeness (QED) is 0.109. The van der Waals surface area contributed by atoms with E-state index in [1.54, 1.807) is 7.11 Å². The highest BCUT2D eigenvalue weighted by molar-refractivity contribution is 7.97. The van der Waals surface area contributed by atoms with Gasteiger partial charge in [0.2, 0.25) is 5.91 Å². The Morgan fingerprint density at radius 1 is 0.971 bits per heavy atom. The van der Waals surface area contributed by atoms with E-state index >= 15 is 0 Å². The van der Waals surface area contributed by atoms with Gasteiger partial charge in [0.15, 0.2) is 11.5 Å². The zero-order valence-corrected chi connectivity index (χ0v) is 22.2. The number of allylic oxidation sites excluding steroid dienone is 4. The normalized spacial score (nSPS) is 11.4. The smallest absolute Gasteiger partial charge is 0.229 e. The molecule has 1 aromatic rings. The van der Waals surface area contributed by atoms with Crippen molar-refractivity contribution in [3.8, 4) is 11.5 Å². The Kier molecular flexibility index (Phi) is 19.1. The number of rotatable bonds is 21. The first-order valence-electron chi connectivity index (χ1n) is 12.9. The third kappa shape index (κ3) is 15.8. The third-order valence-corrected chi connectivity index (χ3v) is 6.23. The van der Waals surface area contributed by atoms with E-state index in [4.69, 9.17) is 15.2 Å². The van der Waals surface area contributed by atoms with Gasteiger partial charge in [-0.1, -0.05) is 69.4 Å². The number of nitrogens with two attached hydrogens (primary N) is 1. The second kappa shape index (κ2) is 21.6. The fraction of sp³-hybridized carbons (Fsp3) is 0.607. The first-order chi connectivity index (χ1) is 16.7. The van der Waals surface area contributed by atoms with Gasteiger partial charge in [-0.25, -0.2) is 0 Å². The molecule has 6 heteroatoms. The van der Waals surface area contributed by atoms with Crippen LogP contribution in [-0.4, -0.2) is 26.2 Å². The lowest BCUT2D eigenvalue weighted by molar-refractivity contribution is -0.119. The summed E-state index contributed by atoms with van der Waals surface area (Å²) in [5, 5.41) is 0. The molecular formula is C28H46N2O3S. The number of nitrogens with one attached hydrogen (secondary N) is 1. The minimum absolute atomic E-state index is 0.102. The van der Waals surface area contributed by atoms with Crippen molar-refractivity contribution in [3.63, 3.8) is 0 Å². The van der Waals surface area contributed by atoms with Crippen molar-refractivity contribution in [2.75, 3.05) is 20.3 Å². The lowest BCUT2D eigenvalue weighted by Gasteiger charge is -2.11. The summed E-state index contributed by atoms with van der Waals surface area (Å²) in [6, 6.07) is 5.80. The predicted molar refractivity (Wildman–Crippen MR) is 146 cm³/mol. The largest absolute Gasteiger partial charge is 0.493 e. The molecule has 0 atom stereocenters. The van der Waals surface area contributed by atoms with Crippen molar-refractivity contribution < 1.29 is 14.3 Å². The van der Waals surface area contributed by atoms with Crippen molar-refractivity contribution >= 4 is 17.9 Å². The number of hydrogen-bond donors (Lipinski definition) is 2. The highest BCUT2D eigenvalue weighted by Crippen LogP contribution is 2.29. The van der Waals surface area contributed by atoms with Crippen LogP contribution >= 0.6 is 11.9 Å². The Morgan fingerprint density at radius 3 is 2.38 bits per heavy atom. The van der Waals surface area contributed by atoms with Crippen LogP contribution < -0.4 is 19.9 Å². The molecule has 0 radical (unpaired) electrons. The Hall–Kier alpha value is -1.92. The topological polar surface area (TPSA) is 73.6 Å². The summed E-state index contributed by atoms with van der Waals surface area (Å²) in [6.07, 6.45) is 22.9. The maximum absolute atomic E-state index is 12.1. The molecule has 0 heterocycles. The molecule has 0 saturated carbocycles. The first-order valence-corrected chi connectivity index (χ1v) is 13.9. The highest BCUT2D eigenvalue weighted by Gasteiger charge is 2.07. The maximum atomic E-state index is 12.1. The van der Waals surface area contributed by atoms with E-state index in [0.29, 0.717) is 36.8 Å². The second-order valence-corrected chi connectivity index (χ2v) is 9.20. The lowest BCUT2D eigenvalue weighted by Crippen LogP contribution is -2.15. The Labute approximate surface area is 212 Å². The molecule has 1 aromatic carbocycles. The van der Waals surface area contributed by atoms with Crippen molar-refractivity contribution in [2.45, 2.75) is 89.7 Å². The zero-order chi connectivity index (χ0) is 24.7. The minimum Gasteiger partial charge on any atom is -0.493 e. The molecule has 3 N–H and O–H groups in total. The summed E-state index contributed by atoms with van der Waals surface area (Å²) >= 11 is 1.42. The van der Waals surface area contributed by atoms with Crippen LogP contribution in [0.2, 0.25) is 0 Å². The van der Waals surface area contributed by atoms with Crippen LogP contribution in [-0.2, 0) is 10.5 Å². The highest BCUT2D eigenvalue weighted by atomic mass is 32.2. The predicted octanol–water partition coefficient (Wildman–Crippen LogP) is 7.11. The molecule has 34 heavy (non-hydrogen) atoms. The average Bonchev–Trinajstić information content (AvgIpc) is 2.85. The fourth-order valence-electron chi connectivity index (χ4n) is 3.44. The van der Waals surface area contributed by atoms with Gasteiger partial charge in [-0.15, -0.1) is 0 Å². The third-order valence-electron chi connectivity index (χ3n) is 5.38. The molecule has 0 aromatic heterocycles. The van der Waals surface area contributed by atoms with Gasteiger partial charge < -0.3 is 15.2 Å². The maximum Gasteiger partial charge on any atom is 0.229 e. The van der Waals surface area contributed by atoms with Gasteiger partial charge in [-0.2, -0.15) is 0 Å². The van der Waals surface area contributed by atoms with Gasteiger partial charge in [0.1, 0.15) is 6.61 Å². The number of carbonyl (C=O) groups is 1. The minimum atomic E-state index is 0.102. The molecule has 0 aliphatic heterocycles. The molecule has 0 spiro atoms. The molecule has 0 aliphatic rings. The second-order valence-electron chi connectivity index (χ2n) is 8.42. The standard InChI is InChI=1S/C28H46N2O3S/c1-3-4-5-6-7-8-9-10-11-12-13-14-15-16-17-18-28(31)30-34-24-25-19-20-26(33-22-21-29)27(23-25)32-2/h7-8,10-11,19-20,23H,3-6,9,12-18,21-22,24,29H2,1-2H3,(H,30,31)/b8-7-,11-10-. The van der Waals surface area contributed by atoms with Crippen LogP contribution in [0.3, 0.4) is 0 Å². The molecule has 5 nitrogen and oxygen atoms in total. The van der Waals surface area contributed by atoms with Gasteiger partial charge in [0.25, 0.3) is 0 Å². The number of methoxy groups -OCH3 is 1. The number of ether oxygens (including phenoxy) is 2. The van der Waals surface area contributed by atoms with Crippen molar-refractivity contribution in [3.05, 3.63) is 48.1 Å². The van der Waals surface area contributed by atoms with Gasteiger partial charge in [-0.3, -0.25) is 9.52 Å². The Bertz CT molecular complexity index is 707. The summed E-state index contributed by atoms with van der Waals surface area (Å²) in [7, 11) is 1.62. The fourth-order valence-corrected chi connectivity index (χ4v) is 4.12. The zero-order valence-electron chi connectivity index (χ0n) is 21.4. The van der Waals surface area contributed by atoms with Crippen LogP contribution in [0.5, 0.6) is 11.5 Å². The van der Waals surface area contributed by atoms with E-state index in [1.165, 1.54) is 56.9 Å². The van der Waals surface area contributed by atoms with E-state index in [0.717, 1.165) is 31.2 Å². The number of unbranched alkanes of at least 4 members (excludes halogenated alkanes) is 8. The Morgan fingerprint density at radius 2 is 1.68 bits per heavy atom. The van der Waals surface area contributed by atoms with Gasteiger partial charge >= 0.3 is 0 Å². The lowest BCUT2D eigenvalue weighted by atomic mass is 10.1. The number of benzene rings is 1. The van der Waals surface area contributed by atoms with E-state index in [2.05, 4.69) is 35.9 Å². The summed E-state index contributed by atoms with van der Waals surface area (Å²) in [6.45, 7) is 3.15. The van der Waals surface area contributed by atoms with Crippen LogP contribution in [0.1, 0.15) is 89.5 Å². The van der Waals surface area contributed by atoms with Gasteiger partial charge in [0, 0.05) is 18.7 Å². The summed E-state index contributed by atoms with van der Waals surface area (Å²) in [5.41, 5.74) is 6.55. The summed E-state index contributed by atoms with van der Waals surface area (Å²) < 4.78 is 13.9. The molecular weight excluding hydrogens is 444 g/mol. The van der Waals surface area contributed by atoms with Crippen molar-refractivity contribution in [1.29, 1.82) is 0 Å². The molecule has 0 fully saturated rings.